The molecule has 0 aliphatic carbocycles. The zero-order chi connectivity index (χ0) is 22.1. The maximum atomic E-state index is 12.1. The van der Waals surface area contributed by atoms with E-state index in [2.05, 4.69) is 41.6 Å². The number of rotatable bonds is 8. The lowest BCUT2D eigenvalue weighted by atomic mass is 9.84. The fraction of sp³-hybridized carbons (Fsp3) is 0.417. The van der Waals surface area contributed by atoms with Crippen molar-refractivity contribution < 1.29 is 9.53 Å². The maximum Gasteiger partial charge on any atom is 0.253 e. The summed E-state index contributed by atoms with van der Waals surface area (Å²) >= 11 is 0. The minimum atomic E-state index is -0.0902. The van der Waals surface area contributed by atoms with Crippen LogP contribution in [-0.4, -0.2) is 58.1 Å². The third-order valence-electron chi connectivity index (χ3n) is 5.06. The quantitative estimate of drug-likeness (QED) is 0.306. The molecule has 2 N–H and O–H groups in total. The molecule has 0 aliphatic heterocycles. The van der Waals surface area contributed by atoms with Crippen molar-refractivity contribution in [1.29, 1.82) is 0 Å². The summed E-state index contributed by atoms with van der Waals surface area (Å²) in [6.07, 6.45) is 0.800. The first-order chi connectivity index (χ1) is 14.3. The maximum absolute atomic E-state index is 12.1. The van der Waals surface area contributed by atoms with Crippen molar-refractivity contribution in [2.75, 3.05) is 41.3 Å². The minimum Gasteiger partial charge on any atom is -0.497 e. The number of nitrogens with zero attached hydrogens (tertiary/aromatic N) is 2. The Balaban J connectivity index is 0.00000480. The molecule has 0 atom stereocenters. The number of amides is 1. The molecule has 0 bridgehead atoms. The predicted molar refractivity (Wildman–Crippen MR) is 139 cm³/mol. The van der Waals surface area contributed by atoms with E-state index in [4.69, 9.17) is 4.74 Å². The molecule has 170 valence electrons. The van der Waals surface area contributed by atoms with Crippen LogP contribution in [-0.2, 0) is 11.8 Å². The van der Waals surface area contributed by atoms with Crippen molar-refractivity contribution in [2.45, 2.75) is 25.7 Å². The summed E-state index contributed by atoms with van der Waals surface area (Å²) in [5, 5.41) is 6.77. The van der Waals surface area contributed by atoms with Gasteiger partial charge in [0.1, 0.15) is 5.75 Å². The summed E-state index contributed by atoms with van der Waals surface area (Å²) in [6.45, 7) is 5.83. The second kappa shape index (κ2) is 12.5. The zero-order valence-corrected chi connectivity index (χ0v) is 21.7. The van der Waals surface area contributed by atoms with E-state index >= 15 is 0 Å². The average molecular weight is 538 g/mol. The number of aliphatic imine (C=N–C) groups is 1. The van der Waals surface area contributed by atoms with Gasteiger partial charge in [-0.15, -0.1) is 24.0 Å². The molecule has 2 aromatic rings. The van der Waals surface area contributed by atoms with Gasteiger partial charge in [-0.3, -0.25) is 9.79 Å². The molecule has 7 heteroatoms. The van der Waals surface area contributed by atoms with Gasteiger partial charge in [-0.2, -0.15) is 0 Å². The normalized spacial score (nSPS) is 11.4. The molecule has 0 aromatic heterocycles. The summed E-state index contributed by atoms with van der Waals surface area (Å²) in [7, 11) is 6.98. The average Bonchev–Trinajstić information content (AvgIpc) is 2.75. The van der Waals surface area contributed by atoms with Gasteiger partial charge in [0.25, 0.3) is 5.91 Å². The third-order valence-corrected chi connectivity index (χ3v) is 5.06. The highest BCUT2D eigenvalue weighted by Crippen LogP contribution is 2.25. The van der Waals surface area contributed by atoms with E-state index < -0.39 is 0 Å². The van der Waals surface area contributed by atoms with Gasteiger partial charge >= 0.3 is 0 Å². The van der Waals surface area contributed by atoms with Gasteiger partial charge in [0, 0.05) is 45.2 Å². The number of ether oxygens (including phenoxy) is 1. The first kappa shape index (κ1) is 26.7. The Morgan fingerprint density at radius 1 is 1.10 bits per heavy atom. The topological polar surface area (TPSA) is 66.0 Å². The monoisotopic (exact) mass is 538 g/mol. The largest absolute Gasteiger partial charge is 0.497 e. The van der Waals surface area contributed by atoms with Crippen molar-refractivity contribution >= 4 is 35.8 Å². The van der Waals surface area contributed by atoms with Crippen molar-refractivity contribution in [3.05, 3.63) is 65.2 Å². The molecule has 0 fully saturated rings. The van der Waals surface area contributed by atoms with Gasteiger partial charge in [0.05, 0.1) is 7.11 Å². The Morgan fingerprint density at radius 2 is 1.81 bits per heavy atom. The van der Waals surface area contributed by atoms with Crippen LogP contribution >= 0.6 is 24.0 Å². The number of guanidine groups is 1. The highest BCUT2D eigenvalue weighted by atomic mass is 127. The van der Waals surface area contributed by atoms with E-state index in [1.54, 1.807) is 33.2 Å². The molecule has 2 rings (SSSR count). The second-order valence-electron chi connectivity index (χ2n) is 8.12. The van der Waals surface area contributed by atoms with Gasteiger partial charge in [0.15, 0.2) is 5.96 Å². The van der Waals surface area contributed by atoms with Gasteiger partial charge < -0.3 is 20.3 Å². The van der Waals surface area contributed by atoms with Gasteiger partial charge in [0.2, 0.25) is 0 Å². The van der Waals surface area contributed by atoms with Gasteiger partial charge in [-0.1, -0.05) is 38.1 Å². The lowest BCUT2D eigenvalue weighted by Gasteiger charge is -2.27. The van der Waals surface area contributed by atoms with Crippen LogP contribution in [0, 0.1) is 0 Å². The first-order valence-electron chi connectivity index (χ1n) is 10.2. The van der Waals surface area contributed by atoms with Crippen molar-refractivity contribution in [3.63, 3.8) is 0 Å². The van der Waals surface area contributed by atoms with Crippen LogP contribution in [0.25, 0.3) is 0 Å². The number of halogens is 1. The number of carbonyl (C=O) groups excluding carboxylic acids is 1. The predicted octanol–water partition coefficient (Wildman–Crippen LogP) is 3.70. The van der Waals surface area contributed by atoms with Crippen LogP contribution in [0.3, 0.4) is 0 Å². The molecular weight excluding hydrogens is 503 g/mol. The van der Waals surface area contributed by atoms with Crippen LogP contribution in [0.4, 0.5) is 0 Å². The standard InChI is InChI=1S/C24H34N4O2.HI/c1-24(2,20-11-8-12-21(16-20)30-6)17-27-23(25-3)26-14-13-18-9-7-10-19(15-18)22(29)28(4)5;/h7-12,15-16H,13-14,17H2,1-6H3,(H2,25,26,27);1H. The lowest BCUT2D eigenvalue weighted by molar-refractivity contribution is 0.0827. The molecule has 2 aromatic carbocycles. The van der Waals surface area contributed by atoms with Crippen LogP contribution < -0.4 is 15.4 Å². The fourth-order valence-corrected chi connectivity index (χ4v) is 3.11. The summed E-state index contributed by atoms with van der Waals surface area (Å²) in [6, 6.07) is 15.9. The van der Waals surface area contributed by atoms with Gasteiger partial charge in [-0.05, 0) is 41.8 Å². The van der Waals surface area contributed by atoms with E-state index in [0.29, 0.717) is 5.56 Å². The minimum absolute atomic E-state index is 0. The molecule has 31 heavy (non-hydrogen) atoms. The van der Waals surface area contributed by atoms with E-state index in [1.165, 1.54) is 5.56 Å². The fourth-order valence-electron chi connectivity index (χ4n) is 3.11. The lowest BCUT2D eigenvalue weighted by Crippen LogP contribution is -2.44. The summed E-state index contributed by atoms with van der Waals surface area (Å²) in [4.78, 5) is 18.1. The smallest absolute Gasteiger partial charge is 0.253 e. The molecule has 0 unspecified atom stereocenters. The number of benzene rings is 2. The number of nitrogens with one attached hydrogen (secondary N) is 2. The number of hydrogen-bond donors (Lipinski definition) is 2. The van der Waals surface area contributed by atoms with E-state index in [0.717, 1.165) is 36.8 Å². The molecule has 0 saturated heterocycles. The first-order valence-corrected chi connectivity index (χ1v) is 10.2. The summed E-state index contributed by atoms with van der Waals surface area (Å²) in [5.41, 5.74) is 2.93. The van der Waals surface area contributed by atoms with Crippen LogP contribution in [0.2, 0.25) is 0 Å². The molecule has 0 spiro atoms. The Labute approximate surface area is 203 Å². The molecule has 0 saturated carbocycles. The Bertz CT molecular complexity index is 881. The van der Waals surface area contributed by atoms with Crippen molar-refractivity contribution in [1.82, 2.24) is 15.5 Å². The van der Waals surface area contributed by atoms with Crippen molar-refractivity contribution in [3.8, 4) is 5.75 Å². The highest BCUT2D eigenvalue weighted by Gasteiger charge is 2.21. The highest BCUT2D eigenvalue weighted by molar-refractivity contribution is 14.0. The molecule has 0 radical (unpaired) electrons. The number of methoxy groups -OCH3 is 1. The number of carbonyl (C=O) groups is 1. The summed E-state index contributed by atoms with van der Waals surface area (Å²) in [5.74, 6) is 1.63. The molecule has 1 amide bonds. The third kappa shape index (κ3) is 8.05. The van der Waals surface area contributed by atoms with Crippen LogP contribution in [0.5, 0.6) is 5.75 Å². The van der Waals surface area contributed by atoms with E-state index in [1.807, 2.05) is 36.4 Å². The molecule has 0 heterocycles. The molecular formula is C24H35IN4O2. The van der Waals surface area contributed by atoms with Crippen molar-refractivity contribution in [2.24, 2.45) is 4.99 Å². The second-order valence-corrected chi connectivity index (χ2v) is 8.12. The van der Waals surface area contributed by atoms with E-state index in [9.17, 15) is 4.79 Å². The zero-order valence-electron chi connectivity index (χ0n) is 19.4. The van der Waals surface area contributed by atoms with Crippen LogP contribution in [0.1, 0.15) is 35.3 Å². The molecule has 0 aliphatic rings. The summed E-state index contributed by atoms with van der Waals surface area (Å²) < 4.78 is 5.35. The SMILES string of the molecule is CN=C(NCCc1cccc(C(=O)N(C)C)c1)NCC(C)(C)c1cccc(OC)c1.I. The van der Waals surface area contributed by atoms with Gasteiger partial charge in [-0.25, -0.2) is 0 Å². The Hall–Kier alpha value is -2.29. The Morgan fingerprint density at radius 3 is 2.45 bits per heavy atom. The molecule has 6 nitrogen and oxygen atoms in total. The van der Waals surface area contributed by atoms with Crippen LogP contribution in [0.15, 0.2) is 53.5 Å². The number of hydrogen-bond acceptors (Lipinski definition) is 3. The van der Waals surface area contributed by atoms with E-state index in [-0.39, 0.29) is 35.3 Å². The Kier molecular flexibility index (Phi) is 10.8.